The minimum absolute atomic E-state index is 0.139. The molecular weight excluding hydrogens is 433 g/mol. The molecule has 0 bridgehead atoms. The first-order chi connectivity index (χ1) is 13.2. The number of rotatable bonds is 5. The molecule has 2 aromatic carbocycles. The van der Waals surface area contributed by atoms with E-state index in [1.165, 1.54) is 0 Å². The van der Waals surface area contributed by atoms with Crippen LogP contribution < -0.4 is 10.1 Å². The van der Waals surface area contributed by atoms with E-state index < -0.39 is 32.9 Å². The Morgan fingerprint density at radius 1 is 1.11 bits per heavy atom. The second kappa shape index (κ2) is 7.58. The number of anilines is 1. The van der Waals surface area contributed by atoms with Crippen molar-refractivity contribution in [3.63, 3.8) is 0 Å². The highest BCUT2D eigenvalue weighted by Crippen LogP contribution is 2.41. The van der Waals surface area contributed by atoms with Crippen LogP contribution in [0.15, 0.2) is 30.3 Å². The molecule has 0 fully saturated rings. The molecule has 0 aliphatic heterocycles. The summed E-state index contributed by atoms with van der Waals surface area (Å²) in [4.78, 5) is 33.5. The zero-order valence-corrected chi connectivity index (χ0v) is 16.2. The SMILES string of the molecule is COc1c([N+](=O)[O-])cc(NC(=O)c2sc3cc(Cl)ccc3c2Cl)cc1[N+](=O)[O-]. The van der Waals surface area contributed by atoms with E-state index in [4.69, 9.17) is 27.9 Å². The van der Waals surface area contributed by atoms with Crippen molar-refractivity contribution >= 4 is 67.6 Å². The summed E-state index contributed by atoms with van der Waals surface area (Å²) in [6, 6.07) is 6.88. The van der Waals surface area contributed by atoms with Crippen molar-refractivity contribution in [2.45, 2.75) is 0 Å². The normalized spacial score (nSPS) is 10.7. The summed E-state index contributed by atoms with van der Waals surface area (Å²) in [6.07, 6.45) is 0. The molecule has 1 heterocycles. The third-order valence-electron chi connectivity index (χ3n) is 3.70. The van der Waals surface area contributed by atoms with Crippen LogP contribution >= 0.6 is 34.5 Å². The molecule has 9 nitrogen and oxygen atoms in total. The Kier molecular flexibility index (Phi) is 5.36. The van der Waals surface area contributed by atoms with Gasteiger partial charge in [0.15, 0.2) is 0 Å². The Hall–Kier alpha value is -2.95. The first kappa shape index (κ1) is 19.8. The van der Waals surface area contributed by atoms with Crippen molar-refractivity contribution in [3.05, 3.63) is 65.5 Å². The number of hydrogen-bond donors (Lipinski definition) is 1. The standard InChI is InChI=1S/C16H9Cl2N3O6S/c1-27-14-10(20(23)24)5-8(6-11(14)21(25)26)19-16(22)15-13(18)9-3-2-7(17)4-12(9)28-15/h2-6H,1H3,(H,19,22). The smallest absolute Gasteiger partial charge is 0.320 e. The molecule has 12 heteroatoms. The molecule has 144 valence electrons. The van der Waals surface area contributed by atoms with Gasteiger partial charge in [-0.1, -0.05) is 29.3 Å². The highest BCUT2D eigenvalue weighted by Gasteiger charge is 2.29. The van der Waals surface area contributed by atoms with Gasteiger partial charge < -0.3 is 10.1 Å². The van der Waals surface area contributed by atoms with Crippen LogP contribution in [0.4, 0.5) is 17.1 Å². The van der Waals surface area contributed by atoms with Crippen LogP contribution in [-0.4, -0.2) is 22.9 Å². The highest BCUT2D eigenvalue weighted by atomic mass is 35.5. The Morgan fingerprint density at radius 3 is 2.25 bits per heavy atom. The fourth-order valence-electron chi connectivity index (χ4n) is 2.52. The van der Waals surface area contributed by atoms with Crippen LogP contribution in [0.3, 0.4) is 0 Å². The molecule has 0 saturated carbocycles. The van der Waals surface area contributed by atoms with E-state index in [9.17, 15) is 25.0 Å². The number of amides is 1. The van der Waals surface area contributed by atoms with Crippen molar-refractivity contribution < 1.29 is 19.4 Å². The number of ether oxygens (including phenoxy) is 1. The van der Waals surface area contributed by atoms with E-state index in [1.807, 2.05) is 0 Å². The number of carbonyl (C=O) groups is 1. The molecular formula is C16H9Cl2N3O6S. The number of nitrogens with one attached hydrogen (secondary N) is 1. The zero-order valence-electron chi connectivity index (χ0n) is 13.9. The lowest BCUT2D eigenvalue weighted by molar-refractivity contribution is -0.395. The third kappa shape index (κ3) is 3.57. The molecule has 1 amide bonds. The first-order valence-corrected chi connectivity index (χ1v) is 9.00. The summed E-state index contributed by atoms with van der Waals surface area (Å²) in [5, 5.41) is 26.1. The van der Waals surface area contributed by atoms with Gasteiger partial charge in [0.2, 0.25) is 0 Å². The average molecular weight is 442 g/mol. The maximum absolute atomic E-state index is 12.6. The fourth-order valence-corrected chi connectivity index (χ4v) is 4.21. The minimum atomic E-state index is -0.837. The van der Waals surface area contributed by atoms with Gasteiger partial charge in [0.1, 0.15) is 4.88 Å². The lowest BCUT2D eigenvalue weighted by Crippen LogP contribution is -2.11. The van der Waals surface area contributed by atoms with E-state index in [-0.39, 0.29) is 15.6 Å². The molecule has 0 atom stereocenters. The van der Waals surface area contributed by atoms with Gasteiger partial charge in [-0.05, 0) is 12.1 Å². The molecule has 3 aromatic rings. The second-order valence-corrected chi connectivity index (χ2v) is 7.27. The fraction of sp³-hybridized carbons (Fsp3) is 0.0625. The number of nitrogens with zero attached hydrogens (tertiary/aromatic N) is 2. The Balaban J connectivity index is 2.04. The predicted molar refractivity (Wildman–Crippen MR) is 106 cm³/mol. The number of fused-ring (bicyclic) bond motifs is 1. The Labute approximate surface area is 170 Å². The molecule has 1 N–H and O–H groups in total. The molecule has 0 unspecified atom stereocenters. The molecule has 0 spiro atoms. The summed E-state index contributed by atoms with van der Waals surface area (Å²) < 4.78 is 5.46. The minimum Gasteiger partial charge on any atom is -0.485 e. The molecule has 0 saturated heterocycles. The Bertz CT molecular complexity index is 1110. The summed E-state index contributed by atoms with van der Waals surface area (Å²) >= 11 is 13.3. The van der Waals surface area contributed by atoms with Crippen molar-refractivity contribution in [3.8, 4) is 5.75 Å². The summed E-state index contributed by atoms with van der Waals surface area (Å²) in [5.41, 5.74) is -1.45. The summed E-state index contributed by atoms with van der Waals surface area (Å²) in [5.74, 6) is -1.18. The van der Waals surface area contributed by atoms with Crippen LogP contribution in [0.2, 0.25) is 10.0 Å². The molecule has 28 heavy (non-hydrogen) atoms. The number of hydrogen-bond acceptors (Lipinski definition) is 7. The number of halogens is 2. The van der Waals surface area contributed by atoms with Gasteiger partial charge in [0.05, 0.1) is 27.7 Å². The Morgan fingerprint density at radius 2 is 1.71 bits per heavy atom. The van der Waals surface area contributed by atoms with E-state index >= 15 is 0 Å². The van der Waals surface area contributed by atoms with Crippen LogP contribution in [-0.2, 0) is 0 Å². The van der Waals surface area contributed by atoms with E-state index in [2.05, 4.69) is 5.32 Å². The van der Waals surface area contributed by atoms with E-state index in [0.29, 0.717) is 15.1 Å². The van der Waals surface area contributed by atoms with Gasteiger partial charge in [-0.15, -0.1) is 11.3 Å². The molecule has 0 aliphatic rings. The van der Waals surface area contributed by atoms with E-state index in [1.54, 1.807) is 18.2 Å². The van der Waals surface area contributed by atoms with Crippen molar-refractivity contribution in [1.82, 2.24) is 0 Å². The van der Waals surface area contributed by atoms with Crippen molar-refractivity contribution in [1.29, 1.82) is 0 Å². The summed E-state index contributed by atoms with van der Waals surface area (Å²) in [6.45, 7) is 0. The van der Waals surface area contributed by atoms with Gasteiger partial charge in [0, 0.05) is 27.2 Å². The zero-order chi connectivity index (χ0) is 20.6. The van der Waals surface area contributed by atoms with Crippen molar-refractivity contribution in [2.24, 2.45) is 0 Å². The number of nitro groups is 2. The van der Waals surface area contributed by atoms with Gasteiger partial charge in [-0.2, -0.15) is 0 Å². The number of benzene rings is 2. The molecule has 0 radical (unpaired) electrons. The maximum Gasteiger partial charge on any atom is 0.320 e. The number of methoxy groups -OCH3 is 1. The van der Waals surface area contributed by atoms with Crippen LogP contribution in [0.5, 0.6) is 5.75 Å². The van der Waals surface area contributed by atoms with Crippen LogP contribution in [0, 0.1) is 20.2 Å². The maximum atomic E-state index is 12.6. The quantitative estimate of drug-likeness (QED) is 0.423. The topological polar surface area (TPSA) is 125 Å². The van der Waals surface area contributed by atoms with Gasteiger partial charge in [-0.3, -0.25) is 25.0 Å². The second-order valence-electron chi connectivity index (χ2n) is 5.40. The van der Waals surface area contributed by atoms with Gasteiger partial charge in [-0.25, -0.2) is 0 Å². The average Bonchev–Trinajstić information content (AvgIpc) is 2.96. The van der Waals surface area contributed by atoms with Crippen molar-refractivity contribution in [2.75, 3.05) is 12.4 Å². The summed E-state index contributed by atoms with van der Waals surface area (Å²) in [7, 11) is 1.08. The lowest BCUT2D eigenvalue weighted by Gasteiger charge is -2.07. The van der Waals surface area contributed by atoms with Gasteiger partial charge >= 0.3 is 11.4 Å². The molecule has 1 aromatic heterocycles. The highest BCUT2D eigenvalue weighted by molar-refractivity contribution is 7.21. The first-order valence-electron chi connectivity index (χ1n) is 7.42. The number of nitro benzene ring substituents is 2. The molecule has 3 rings (SSSR count). The third-order valence-corrected chi connectivity index (χ3v) is 5.59. The monoisotopic (exact) mass is 441 g/mol. The van der Waals surface area contributed by atoms with Gasteiger partial charge in [0.25, 0.3) is 11.7 Å². The lowest BCUT2D eigenvalue weighted by atomic mass is 10.2. The largest absolute Gasteiger partial charge is 0.485 e. The molecule has 0 aliphatic carbocycles. The number of thiophene rings is 1. The van der Waals surface area contributed by atoms with E-state index in [0.717, 1.165) is 30.6 Å². The predicted octanol–water partition coefficient (Wildman–Crippen LogP) is 5.29. The van der Waals surface area contributed by atoms with Crippen LogP contribution in [0.1, 0.15) is 9.67 Å². The number of carbonyl (C=O) groups excluding carboxylic acids is 1. The van der Waals surface area contributed by atoms with Crippen LogP contribution in [0.25, 0.3) is 10.1 Å².